The van der Waals surface area contributed by atoms with Crippen LogP contribution in [0.5, 0.6) is 5.75 Å². The van der Waals surface area contributed by atoms with Gasteiger partial charge in [-0.25, -0.2) is 0 Å². The van der Waals surface area contributed by atoms with Crippen LogP contribution in [0, 0.1) is 0 Å². The van der Waals surface area contributed by atoms with E-state index in [1.165, 1.54) is 0 Å². The molecule has 1 aromatic heterocycles. The van der Waals surface area contributed by atoms with E-state index < -0.39 is 0 Å². The molecule has 0 spiro atoms. The third-order valence-corrected chi connectivity index (χ3v) is 1.91. The van der Waals surface area contributed by atoms with Crippen molar-refractivity contribution in [1.82, 2.24) is 10.2 Å². The van der Waals surface area contributed by atoms with Crippen molar-refractivity contribution in [3.8, 4) is 17.2 Å². The summed E-state index contributed by atoms with van der Waals surface area (Å²) >= 11 is 4.72. The molecular weight excluding hydrogens is 397 g/mol. The van der Waals surface area contributed by atoms with E-state index in [0.717, 1.165) is 11.3 Å². The molecule has 0 N–H and O–H groups in total. The van der Waals surface area contributed by atoms with Crippen LogP contribution in [-0.4, -0.2) is 17.3 Å². The summed E-state index contributed by atoms with van der Waals surface area (Å²) in [5, 5.41) is 7.53. The van der Waals surface area contributed by atoms with Gasteiger partial charge in [-0.1, -0.05) is 0 Å². The average Bonchev–Trinajstić information content (AvgIpc) is 2.65. The van der Waals surface area contributed by atoms with E-state index in [-0.39, 0.29) is 27.6 Å². The first kappa shape index (κ1) is 12.2. The maximum Gasteiger partial charge on any atom is 1.00 e. The Labute approximate surface area is 108 Å². The summed E-state index contributed by atoms with van der Waals surface area (Å²) in [6.45, 7) is 0. The van der Waals surface area contributed by atoms with Crippen LogP contribution in [0.2, 0.25) is 0 Å². The number of ether oxygens (including phenoxy) is 1. The Balaban J connectivity index is 0.00000112. The van der Waals surface area contributed by atoms with Gasteiger partial charge in [0.1, 0.15) is 5.75 Å². The van der Waals surface area contributed by atoms with E-state index in [1.54, 1.807) is 7.11 Å². The number of nitrogens with zero attached hydrogens (tertiary/aromatic N) is 2. The van der Waals surface area contributed by atoms with Gasteiger partial charge in [-0.05, 0) is 24.3 Å². The standard InChI is InChI=1S/C9H8N2O2S.Au/c1-12-7-4-2-6(3-5-7)8-10-11-9(14)13-8;/h2-5H,1H3,(H,11,14);/q;+1/p-1. The molecule has 0 aliphatic rings. The van der Waals surface area contributed by atoms with Crippen LogP contribution in [0.15, 0.2) is 33.9 Å². The zero-order valence-corrected chi connectivity index (χ0v) is 10.7. The maximum atomic E-state index is 5.09. The van der Waals surface area contributed by atoms with E-state index in [4.69, 9.17) is 21.8 Å². The fourth-order valence-electron chi connectivity index (χ4n) is 1.06. The smallest absolute Gasteiger partial charge is 0.719 e. The van der Waals surface area contributed by atoms with Gasteiger partial charge in [0.15, 0.2) is 0 Å². The van der Waals surface area contributed by atoms with Gasteiger partial charge in [0.2, 0.25) is 5.89 Å². The molecule has 82 valence electrons. The molecule has 2 aromatic rings. The van der Waals surface area contributed by atoms with Crippen LogP contribution >= 0.6 is 0 Å². The number of rotatable bonds is 2. The molecule has 15 heavy (non-hydrogen) atoms. The minimum absolute atomic E-state index is 0. The first-order valence-electron chi connectivity index (χ1n) is 3.94. The van der Waals surface area contributed by atoms with Crippen LogP contribution < -0.4 is 4.74 Å². The molecule has 0 fully saturated rings. The van der Waals surface area contributed by atoms with Gasteiger partial charge in [0.25, 0.3) is 0 Å². The first-order chi connectivity index (χ1) is 6.79. The molecule has 6 heteroatoms. The molecular formula is C9H7AuN2O2S. The molecule has 0 aliphatic heterocycles. The summed E-state index contributed by atoms with van der Waals surface area (Å²) in [5.41, 5.74) is 0.828. The third kappa shape index (κ3) is 2.79. The van der Waals surface area contributed by atoms with Crippen LogP contribution in [0.25, 0.3) is 11.5 Å². The molecule has 0 saturated carbocycles. The molecule has 0 bridgehead atoms. The Kier molecular flexibility index (Phi) is 4.28. The fourth-order valence-corrected chi connectivity index (χ4v) is 1.18. The van der Waals surface area contributed by atoms with Crippen molar-refractivity contribution in [1.29, 1.82) is 0 Å². The zero-order valence-electron chi connectivity index (χ0n) is 7.73. The van der Waals surface area contributed by atoms with E-state index in [9.17, 15) is 0 Å². The molecule has 0 radical (unpaired) electrons. The number of hydrogen-bond acceptors (Lipinski definition) is 5. The van der Waals surface area contributed by atoms with E-state index in [1.807, 2.05) is 24.3 Å². The summed E-state index contributed by atoms with van der Waals surface area (Å²) in [4.78, 5) is 0. The topological polar surface area (TPSA) is 48.2 Å². The number of hydrogen-bond donors (Lipinski definition) is 0. The van der Waals surface area contributed by atoms with E-state index >= 15 is 0 Å². The predicted molar refractivity (Wildman–Crippen MR) is 51.9 cm³/mol. The summed E-state index contributed by atoms with van der Waals surface area (Å²) in [6, 6.07) is 7.31. The molecule has 1 aromatic carbocycles. The van der Waals surface area contributed by atoms with Gasteiger partial charge in [0.05, 0.1) is 12.3 Å². The second-order valence-electron chi connectivity index (χ2n) is 2.60. The Hall–Kier alpha value is -0.880. The van der Waals surface area contributed by atoms with Crippen molar-refractivity contribution < 1.29 is 31.5 Å². The summed E-state index contributed by atoms with van der Waals surface area (Å²) in [5.74, 6) is 1.21. The first-order valence-corrected chi connectivity index (χ1v) is 4.35. The molecule has 0 aliphatic carbocycles. The Bertz CT molecular complexity index is 430. The minimum Gasteiger partial charge on any atom is -0.719 e. The molecule has 4 nitrogen and oxygen atoms in total. The monoisotopic (exact) mass is 404 g/mol. The summed E-state index contributed by atoms with van der Waals surface area (Å²) in [6.07, 6.45) is 0. The quantitative estimate of drug-likeness (QED) is 0.563. The fraction of sp³-hybridized carbons (Fsp3) is 0.111. The van der Waals surface area contributed by atoms with Crippen molar-refractivity contribution >= 4 is 12.6 Å². The average molecular weight is 404 g/mol. The zero-order chi connectivity index (χ0) is 9.97. The Morgan fingerprint density at radius 2 is 1.87 bits per heavy atom. The minimum atomic E-state index is 0. The second kappa shape index (κ2) is 5.27. The summed E-state index contributed by atoms with van der Waals surface area (Å²) < 4.78 is 10.1. The molecule has 0 saturated heterocycles. The third-order valence-electron chi connectivity index (χ3n) is 1.74. The molecule has 0 atom stereocenters. The molecule has 0 unspecified atom stereocenters. The molecule has 2 rings (SSSR count). The van der Waals surface area contributed by atoms with Gasteiger partial charge >= 0.3 is 22.4 Å². The number of benzene rings is 1. The largest absolute Gasteiger partial charge is 1.00 e. The normalized spacial score (nSPS) is 9.40. The maximum absolute atomic E-state index is 5.09. The predicted octanol–water partition coefficient (Wildman–Crippen LogP) is 1.65. The van der Waals surface area contributed by atoms with Crippen molar-refractivity contribution in [2.24, 2.45) is 0 Å². The van der Waals surface area contributed by atoms with Gasteiger partial charge in [-0.2, -0.15) is 0 Å². The van der Waals surface area contributed by atoms with Gasteiger partial charge in [-0.3, -0.25) is 0 Å². The number of aromatic nitrogens is 2. The second-order valence-corrected chi connectivity index (χ2v) is 2.95. The SMILES string of the molecule is COc1ccc(-c2nnc([S-])o2)cc1.[Au+]. The molecule has 0 amide bonds. The molecule has 1 heterocycles. The summed E-state index contributed by atoms with van der Waals surface area (Å²) in [7, 11) is 1.61. The van der Waals surface area contributed by atoms with Crippen LogP contribution in [0.1, 0.15) is 0 Å². The van der Waals surface area contributed by atoms with Crippen LogP contribution in [0.3, 0.4) is 0 Å². The van der Waals surface area contributed by atoms with Gasteiger partial charge in [-0.15, -0.1) is 10.2 Å². The van der Waals surface area contributed by atoms with Crippen molar-refractivity contribution in [2.45, 2.75) is 5.22 Å². The van der Waals surface area contributed by atoms with Crippen molar-refractivity contribution in [3.63, 3.8) is 0 Å². The van der Waals surface area contributed by atoms with E-state index in [0.29, 0.717) is 5.89 Å². The van der Waals surface area contributed by atoms with Crippen LogP contribution in [0.4, 0.5) is 0 Å². The Morgan fingerprint density at radius 1 is 1.20 bits per heavy atom. The van der Waals surface area contributed by atoms with Crippen molar-refractivity contribution in [3.05, 3.63) is 24.3 Å². The van der Waals surface area contributed by atoms with Crippen LogP contribution in [-0.2, 0) is 35.0 Å². The van der Waals surface area contributed by atoms with E-state index in [2.05, 4.69) is 10.2 Å². The van der Waals surface area contributed by atoms with Gasteiger partial charge in [0, 0.05) is 5.56 Å². The Morgan fingerprint density at radius 3 is 2.33 bits per heavy atom. The number of methoxy groups -OCH3 is 1. The van der Waals surface area contributed by atoms with Crippen molar-refractivity contribution in [2.75, 3.05) is 7.11 Å². The van der Waals surface area contributed by atoms with Gasteiger partial charge < -0.3 is 21.8 Å².